The Morgan fingerprint density at radius 2 is 2.08 bits per heavy atom. The van der Waals surface area contributed by atoms with Gasteiger partial charge in [0.2, 0.25) is 0 Å². The summed E-state index contributed by atoms with van der Waals surface area (Å²) in [7, 11) is 1.28. The maximum absolute atomic E-state index is 13.2. The number of aromatic nitrogens is 2. The SMILES string of the molecule is COC(=O)[C@@H]1CN(c2cc(C(F)(F)F)nn2Cc2ccccc2)CCN1. The van der Waals surface area contributed by atoms with Crippen molar-refractivity contribution in [2.75, 3.05) is 31.6 Å². The van der Waals surface area contributed by atoms with Crippen LogP contribution in [0.15, 0.2) is 36.4 Å². The van der Waals surface area contributed by atoms with Gasteiger partial charge in [0, 0.05) is 25.7 Å². The van der Waals surface area contributed by atoms with Crippen molar-refractivity contribution in [3.63, 3.8) is 0 Å². The molecule has 1 aliphatic heterocycles. The Morgan fingerprint density at radius 1 is 1.35 bits per heavy atom. The largest absolute Gasteiger partial charge is 0.468 e. The first-order valence-corrected chi connectivity index (χ1v) is 8.13. The van der Waals surface area contributed by atoms with Gasteiger partial charge in [-0.2, -0.15) is 18.3 Å². The standard InChI is InChI=1S/C17H19F3N4O2/c1-26-16(25)13-11-23(8-7-21-13)15-9-14(17(18,19)20)22-24(15)10-12-5-3-2-4-6-12/h2-6,9,13,21H,7-8,10-11H2,1H3/t13-/m0/s1. The number of nitrogens with zero attached hydrogens (tertiary/aromatic N) is 3. The summed E-state index contributed by atoms with van der Waals surface area (Å²) in [5.74, 6) is -0.114. The fourth-order valence-electron chi connectivity index (χ4n) is 2.93. The van der Waals surface area contributed by atoms with E-state index in [9.17, 15) is 18.0 Å². The molecule has 26 heavy (non-hydrogen) atoms. The van der Waals surface area contributed by atoms with Crippen LogP contribution in [0.1, 0.15) is 11.3 Å². The normalized spacial score (nSPS) is 18.0. The number of hydrogen-bond acceptors (Lipinski definition) is 5. The summed E-state index contributed by atoms with van der Waals surface area (Å²) in [4.78, 5) is 13.5. The number of esters is 1. The van der Waals surface area contributed by atoms with Gasteiger partial charge in [0.05, 0.1) is 13.7 Å². The Labute approximate surface area is 148 Å². The highest BCUT2D eigenvalue weighted by molar-refractivity contribution is 5.76. The summed E-state index contributed by atoms with van der Waals surface area (Å²) in [5.41, 5.74) is -0.109. The molecule has 0 aliphatic carbocycles. The van der Waals surface area contributed by atoms with Crippen LogP contribution in [0.25, 0.3) is 0 Å². The van der Waals surface area contributed by atoms with Gasteiger partial charge in [0.15, 0.2) is 5.69 Å². The van der Waals surface area contributed by atoms with Crippen LogP contribution in [-0.2, 0) is 22.3 Å². The molecular weight excluding hydrogens is 349 g/mol. The first-order chi connectivity index (χ1) is 12.4. The highest BCUT2D eigenvalue weighted by Gasteiger charge is 2.36. The molecule has 2 aromatic rings. The summed E-state index contributed by atoms with van der Waals surface area (Å²) in [6.45, 7) is 1.34. The average Bonchev–Trinajstić information content (AvgIpc) is 3.06. The third-order valence-electron chi connectivity index (χ3n) is 4.21. The molecule has 0 amide bonds. The monoisotopic (exact) mass is 368 g/mol. The molecule has 1 aromatic heterocycles. The predicted octanol–water partition coefficient (Wildman–Crippen LogP) is 1.90. The lowest BCUT2D eigenvalue weighted by molar-refractivity contribution is -0.143. The number of nitrogens with one attached hydrogen (secondary N) is 1. The lowest BCUT2D eigenvalue weighted by Gasteiger charge is -2.33. The van der Waals surface area contributed by atoms with Crippen molar-refractivity contribution in [1.82, 2.24) is 15.1 Å². The van der Waals surface area contributed by atoms with E-state index in [4.69, 9.17) is 4.74 Å². The average molecular weight is 368 g/mol. The fourth-order valence-corrected chi connectivity index (χ4v) is 2.93. The number of ether oxygens (including phenoxy) is 1. The third kappa shape index (κ3) is 3.98. The molecule has 0 spiro atoms. The molecule has 1 aromatic carbocycles. The van der Waals surface area contributed by atoms with E-state index in [2.05, 4.69) is 10.4 Å². The highest BCUT2D eigenvalue weighted by Crippen LogP contribution is 2.32. The fraction of sp³-hybridized carbons (Fsp3) is 0.412. The number of halogens is 3. The van der Waals surface area contributed by atoms with E-state index in [0.717, 1.165) is 11.6 Å². The highest BCUT2D eigenvalue weighted by atomic mass is 19.4. The zero-order valence-corrected chi connectivity index (χ0v) is 14.2. The Bertz CT molecular complexity index is 761. The van der Waals surface area contributed by atoms with E-state index < -0.39 is 23.9 Å². The van der Waals surface area contributed by atoms with Crippen LogP contribution in [0.3, 0.4) is 0 Å². The maximum Gasteiger partial charge on any atom is 0.435 e. The number of anilines is 1. The summed E-state index contributed by atoms with van der Waals surface area (Å²) >= 11 is 0. The van der Waals surface area contributed by atoms with Gasteiger partial charge in [-0.25, -0.2) is 4.68 Å². The minimum atomic E-state index is -4.54. The van der Waals surface area contributed by atoms with Crippen LogP contribution >= 0.6 is 0 Å². The molecule has 0 radical (unpaired) electrons. The number of carbonyl (C=O) groups excluding carboxylic acids is 1. The Hall–Kier alpha value is -2.55. The van der Waals surface area contributed by atoms with Crippen LogP contribution in [0, 0.1) is 0 Å². The second-order valence-electron chi connectivity index (χ2n) is 6.00. The molecule has 1 fully saturated rings. The van der Waals surface area contributed by atoms with E-state index in [-0.39, 0.29) is 13.1 Å². The molecule has 0 bridgehead atoms. The van der Waals surface area contributed by atoms with E-state index in [1.54, 1.807) is 4.90 Å². The van der Waals surface area contributed by atoms with Crippen molar-refractivity contribution >= 4 is 11.8 Å². The molecule has 2 heterocycles. The number of benzene rings is 1. The zero-order valence-electron chi connectivity index (χ0n) is 14.2. The second kappa shape index (κ2) is 7.36. The number of methoxy groups -OCH3 is 1. The van der Waals surface area contributed by atoms with Gasteiger partial charge < -0.3 is 15.0 Å². The van der Waals surface area contributed by atoms with Crippen molar-refractivity contribution in [2.45, 2.75) is 18.8 Å². The summed E-state index contributed by atoms with van der Waals surface area (Å²) in [5, 5.41) is 6.76. The molecular formula is C17H19F3N4O2. The summed E-state index contributed by atoms with van der Waals surface area (Å²) < 4.78 is 45.6. The minimum absolute atomic E-state index is 0.207. The van der Waals surface area contributed by atoms with E-state index in [1.807, 2.05) is 30.3 Å². The number of rotatable bonds is 4. The number of hydrogen-bond donors (Lipinski definition) is 1. The van der Waals surface area contributed by atoms with Gasteiger partial charge in [0.1, 0.15) is 11.9 Å². The number of carbonyl (C=O) groups is 1. The first-order valence-electron chi connectivity index (χ1n) is 8.13. The van der Waals surface area contributed by atoms with E-state index in [0.29, 0.717) is 18.9 Å². The van der Waals surface area contributed by atoms with Crippen LogP contribution in [0.5, 0.6) is 0 Å². The van der Waals surface area contributed by atoms with Crippen molar-refractivity contribution < 1.29 is 22.7 Å². The van der Waals surface area contributed by atoms with Crippen LogP contribution in [0.2, 0.25) is 0 Å². The van der Waals surface area contributed by atoms with Crippen LogP contribution in [-0.4, -0.2) is 48.5 Å². The smallest absolute Gasteiger partial charge is 0.435 e. The van der Waals surface area contributed by atoms with Crippen molar-refractivity contribution in [3.8, 4) is 0 Å². The molecule has 6 nitrogen and oxygen atoms in total. The predicted molar refractivity (Wildman–Crippen MR) is 88.8 cm³/mol. The summed E-state index contributed by atoms with van der Waals surface area (Å²) in [6, 6.07) is 9.57. The molecule has 3 rings (SSSR count). The lowest BCUT2D eigenvalue weighted by atomic mass is 10.2. The molecule has 1 atom stereocenters. The van der Waals surface area contributed by atoms with Gasteiger partial charge >= 0.3 is 12.1 Å². The zero-order chi connectivity index (χ0) is 18.7. The Kier molecular flexibility index (Phi) is 5.17. The first kappa shape index (κ1) is 18.2. The molecule has 9 heteroatoms. The van der Waals surface area contributed by atoms with Crippen molar-refractivity contribution in [1.29, 1.82) is 0 Å². The number of piperazine rings is 1. The molecule has 0 saturated carbocycles. The van der Waals surface area contributed by atoms with Gasteiger partial charge in [-0.1, -0.05) is 30.3 Å². The maximum atomic E-state index is 13.2. The summed E-state index contributed by atoms with van der Waals surface area (Å²) in [6.07, 6.45) is -4.54. The second-order valence-corrected chi connectivity index (χ2v) is 6.00. The van der Waals surface area contributed by atoms with Crippen molar-refractivity contribution in [3.05, 3.63) is 47.7 Å². The third-order valence-corrected chi connectivity index (χ3v) is 4.21. The van der Waals surface area contributed by atoms with Gasteiger partial charge in [-0.05, 0) is 5.56 Å². The Morgan fingerprint density at radius 3 is 2.73 bits per heavy atom. The topological polar surface area (TPSA) is 59.4 Å². The Balaban J connectivity index is 1.91. The van der Waals surface area contributed by atoms with Crippen LogP contribution < -0.4 is 10.2 Å². The number of alkyl halides is 3. The quantitative estimate of drug-likeness (QED) is 0.836. The molecule has 1 N–H and O–H groups in total. The minimum Gasteiger partial charge on any atom is -0.468 e. The van der Waals surface area contributed by atoms with E-state index >= 15 is 0 Å². The molecule has 0 unspecified atom stereocenters. The van der Waals surface area contributed by atoms with Crippen molar-refractivity contribution in [2.24, 2.45) is 0 Å². The van der Waals surface area contributed by atoms with Crippen LogP contribution in [0.4, 0.5) is 19.0 Å². The molecule has 1 saturated heterocycles. The molecule has 140 valence electrons. The van der Waals surface area contributed by atoms with Gasteiger partial charge in [-0.15, -0.1) is 0 Å². The lowest BCUT2D eigenvalue weighted by Crippen LogP contribution is -2.55. The molecule has 1 aliphatic rings. The van der Waals surface area contributed by atoms with Gasteiger partial charge in [0.25, 0.3) is 0 Å². The van der Waals surface area contributed by atoms with E-state index in [1.165, 1.54) is 11.8 Å². The van der Waals surface area contributed by atoms with Gasteiger partial charge in [-0.3, -0.25) is 4.79 Å².